The molecule has 0 unspecified atom stereocenters. The van der Waals surface area contributed by atoms with Crippen molar-refractivity contribution in [2.24, 2.45) is 0 Å². The number of hydrogen-bond acceptors (Lipinski definition) is 0. The van der Waals surface area contributed by atoms with Gasteiger partial charge in [-0.25, -0.2) is 0 Å². The van der Waals surface area contributed by atoms with Gasteiger partial charge in [-0.2, -0.15) is 0 Å². The zero-order chi connectivity index (χ0) is 26.5. The van der Waals surface area contributed by atoms with Crippen molar-refractivity contribution in [3.63, 3.8) is 0 Å². The lowest BCUT2D eigenvalue weighted by Crippen LogP contribution is -1.87. The minimum Gasteiger partial charge on any atom is -0.0544 e. The van der Waals surface area contributed by atoms with Gasteiger partial charge in [0.1, 0.15) is 0 Å². The average Bonchev–Trinajstić information content (AvgIpc) is 2.99. The maximum Gasteiger partial charge on any atom is -0.0172 e. The second-order valence-corrected chi connectivity index (χ2v) is 10.8. The van der Waals surface area contributed by atoms with Gasteiger partial charge in [0.05, 0.1) is 0 Å². The lowest BCUT2D eigenvalue weighted by molar-refractivity contribution is 1.55. The number of fused-ring (bicyclic) bond motifs is 8. The van der Waals surface area contributed by atoms with E-state index < -0.39 is 0 Å². The van der Waals surface area contributed by atoms with Gasteiger partial charge in [-0.3, -0.25) is 0 Å². The normalized spacial score (nSPS) is 13.1. The molecule has 2 aliphatic rings. The van der Waals surface area contributed by atoms with Gasteiger partial charge in [0.25, 0.3) is 0 Å². The zero-order valence-electron chi connectivity index (χ0n) is 22.0. The van der Waals surface area contributed by atoms with E-state index in [9.17, 15) is 0 Å². The van der Waals surface area contributed by atoms with Crippen LogP contribution in [0.5, 0.6) is 0 Å². The molecule has 8 rings (SSSR count). The summed E-state index contributed by atoms with van der Waals surface area (Å²) in [6.07, 6.45) is 17.8. The molecule has 0 amide bonds. The van der Waals surface area contributed by atoms with E-state index in [0.29, 0.717) is 0 Å². The highest BCUT2D eigenvalue weighted by atomic mass is 14.1. The zero-order valence-corrected chi connectivity index (χ0v) is 22.0. The fourth-order valence-corrected chi connectivity index (χ4v) is 5.82. The fourth-order valence-electron chi connectivity index (χ4n) is 5.82. The Morgan fingerprint density at radius 1 is 0.200 bits per heavy atom. The van der Waals surface area contributed by atoms with Crippen LogP contribution in [-0.4, -0.2) is 0 Å². The van der Waals surface area contributed by atoms with Crippen molar-refractivity contribution in [3.8, 4) is 11.1 Å². The van der Waals surface area contributed by atoms with E-state index in [-0.39, 0.29) is 0 Å². The number of rotatable bonds is 0. The molecule has 0 atom stereocenters. The molecule has 0 spiro atoms. The maximum absolute atomic E-state index is 2.30. The van der Waals surface area contributed by atoms with Crippen LogP contribution in [0.1, 0.15) is 44.5 Å². The summed E-state index contributed by atoms with van der Waals surface area (Å²) < 4.78 is 0. The quantitative estimate of drug-likeness (QED) is 0.192. The highest BCUT2D eigenvalue weighted by Gasteiger charge is 2.07. The fraction of sp³-hybridized carbons (Fsp3) is 0. The Labute approximate surface area is 234 Å². The molecule has 40 heavy (non-hydrogen) atoms. The van der Waals surface area contributed by atoms with Crippen LogP contribution < -0.4 is 0 Å². The van der Waals surface area contributed by atoms with Crippen LogP contribution in [-0.2, 0) is 0 Å². The Morgan fingerprint density at radius 2 is 0.475 bits per heavy atom. The first-order chi connectivity index (χ1) is 19.7. The topological polar surface area (TPSA) is 0 Å². The van der Waals surface area contributed by atoms with Crippen LogP contribution >= 0.6 is 0 Å². The molecule has 186 valence electrons. The van der Waals surface area contributed by atoms with E-state index >= 15 is 0 Å². The highest BCUT2D eigenvalue weighted by Crippen LogP contribution is 2.30. The largest absolute Gasteiger partial charge is 0.0544 e. The third kappa shape index (κ3) is 4.40. The number of benzene rings is 6. The van der Waals surface area contributed by atoms with Gasteiger partial charge in [0.15, 0.2) is 0 Å². The van der Waals surface area contributed by atoms with E-state index in [1.165, 1.54) is 77.2 Å². The SMILES string of the molecule is C1=Cc2ccc3ccc(cc3c2)C=Cc2cc3cc(c2)-c2cc1cc(c2)C=Cc1ccc2ccc(cc2c1)C=C3. The first-order valence-electron chi connectivity index (χ1n) is 13.8. The van der Waals surface area contributed by atoms with Gasteiger partial charge in [0, 0.05) is 0 Å². The highest BCUT2D eigenvalue weighted by molar-refractivity contribution is 5.92. The van der Waals surface area contributed by atoms with Crippen molar-refractivity contribution in [2.75, 3.05) is 0 Å². The van der Waals surface area contributed by atoms with Crippen LogP contribution in [0.2, 0.25) is 0 Å². The molecule has 0 saturated carbocycles. The summed E-state index contributed by atoms with van der Waals surface area (Å²) in [4.78, 5) is 0. The van der Waals surface area contributed by atoms with E-state index in [0.717, 1.165) is 0 Å². The first-order valence-corrected chi connectivity index (χ1v) is 13.8. The average molecular weight is 507 g/mol. The molecule has 0 nitrogen and oxygen atoms in total. The molecule has 0 saturated heterocycles. The van der Waals surface area contributed by atoms with Gasteiger partial charge in [-0.05, 0) is 138 Å². The Morgan fingerprint density at radius 3 is 0.775 bits per heavy atom. The summed E-state index contributed by atoms with van der Waals surface area (Å²) in [6, 6.07) is 40.5. The van der Waals surface area contributed by atoms with Gasteiger partial charge >= 0.3 is 0 Å². The van der Waals surface area contributed by atoms with E-state index in [1.807, 2.05) is 0 Å². The Balaban J connectivity index is 1.40. The van der Waals surface area contributed by atoms with Crippen molar-refractivity contribution < 1.29 is 0 Å². The summed E-state index contributed by atoms with van der Waals surface area (Å²) in [7, 11) is 0. The van der Waals surface area contributed by atoms with Gasteiger partial charge in [-0.15, -0.1) is 0 Å². The molecule has 0 fully saturated rings. The second-order valence-electron chi connectivity index (χ2n) is 10.8. The van der Waals surface area contributed by atoms with Crippen LogP contribution in [0.15, 0.2) is 109 Å². The Kier molecular flexibility index (Phi) is 5.24. The first kappa shape index (κ1) is 22.8. The Bertz CT molecular complexity index is 1810. The molecular weight excluding hydrogens is 480 g/mol. The molecule has 6 aromatic rings. The van der Waals surface area contributed by atoms with Crippen LogP contribution in [0, 0.1) is 0 Å². The van der Waals surface area contributed by atoms with Crippen LogP contribution in [0.3, 0.4) is 0 Å². The molecule has 0 aromatic heterocycles. The summed E-state index contributed by atoms with van der Waals surface area (Å²) >= 11 is 0. The summed E-state index contributed by atoms with van der Waals surface area (Å²) in [5.41, 5.74) is 12.0. The van der Waals surface area contributed by atoms with Gasteiger partial charge in [-0.1, -0.05) is 97.1 Å². The van der Waals surface area contributed by atoms with Gasteiger partial charge in [0.2, 0.25) is 0 Å². The van der Waals surface area contributed by atoms with Crippen LogP contribution in [0.4, 0.5) is 0 Å². The van der Waals surface area contributed by atoms with Crippen molar-refractivity contribution in [1.29, 1.82) is 0 Å². The molecule has 6 aromatic carbocycles. The standard InChI is InChI=1S/C40H26/c1-5-31-17-32-6-2-29-11-15-36-16-12-30(22-38(36)21-29)4-8-34-18-33(25-40(26-34)39(23-31)24-32)7-3-28-10-14-35-13-9-27(1)19-37(35)20-28/h1-26H. The van der Waals surface area contributed by atoms with E-state index in [2.05, 4.69) is 158 Å². The Hall–Kier alpha value is -5.20. The smallest absolute Gasteiger partial charge is 0.0172 e. The predicted octanol–water partition coefficient (Wildman–Crippen LogP) is 11.0. The molecule has 0 heteroatoms. The lowest BCUT2D eigenvalue weighted by atomic mass is 9.95. The molecule has 0 heterocycles. The van der Waals surface area contributed by atoms with E-state index in [1.54, 1.807) is 0 Å². The van der Waals surface area contributed by atoms with Crippen LogP contribution in [0.25, 0.3) is 81.3 Å². The minimum atomic E-state index is 1.19. The third-order valence-corrected chi connectivity index (χ3v) is 7.94. The molecule has 0 aliphatic heterocycles. The van der Waals surface area contributed by atoms with Crippen molar-refractivity contribution in [3.05, 3.63) is 154 Å². The molecule has 0 N–H and O–H groups in total. The summed E-state index contributed by atoms with van der Waals surface area (Å²) in [6.45, 7) is 0. The molecule has 12 bridgehead atoms. The van der Waals surface area contributed by atoms with Gasteiger partial charge < -0.3 is 0 Å². The number of hydrogen-bond donors (Lipinski definition) is 0. The molecular formula is C40H26. The van der Waals surface area contributed by atoms with Crippen molar-refractivity contribution in [1.82, 2.24) is 0 Å². The molecule has 0 radical (unpaired) electrons. The third-order valence-electron chi connectivity index (χ3n) is 7.94. The minimum absolute atomic E-state index is 1.19. The van der Waals surface area contributed by atoms with E-state index in [4.69, 9.17) is 0 Å². The maximum atomic E-state index is 2.30. The molecule has 2 aliphatic carbocycles. The monoisotopic (exact) mass is 506 g/mol. The second kappa shape index (κ2) is 9.22. The lowest BCUT2D eigenvalue weighted by Gasteiger charge is -2.10. The summed E-state index contributed by atoms with van der Waals surface area (Å²) in [5, 5.41) is 5.02. The predicted molar refractivity (Wildman–Crippen MR) is 175 cm³/mol. The van der Waals surface area contributed by atoms with Crippen molar-refractivity contribution >= 4 is 70.2 Å². The van der Waals surface area contributed by atoms with Crippen molar-refractivity contribution in [2.45, 2.75) is 0 Å². The summed E-state index contributed by atoms with van der Waals surface area (Å²) in [5.74, 6) is 0.